The highest BCUT2D eigenvalue weighted by Gasteiger charge is 2.29. The monoisotopic (exact) mass is 417 g/mol. The molecule has 1 amide bonds. The number of rotatable bonds is 7. The van der Waals surface area contributed by atoms with Gasteiger partial charge in [0.2, 0.25) is 5.91 Å². The first-order chi connectivity index (χ1) is 15.1. The van der Waals surface area contributed by atoms with Gasteiger partial charge in [0, 0.05) is 67.9 Å². The van der Waals surface area contributed by atoms with Gasteiger partial charge in [-0.15, -0.1) is 0 Å². The van der Waals surface area contributed by atoms with E-state index in [0.29, 0.717) is 18.8 Å². The van der Waals surface area contributed by atoms with Crippen LogP contribution in [-0.4, -0.2) is 47.5 Å². The van der Waals surface area contributed by atoms with Crippen molar-refractivity contribution in [2.45, 2.75) is 25.8 Å². The van der Waals surface area contributed by atoms with Crippen LogP contribution in [0.2, 0.25) is 0 Å². The summed E-state index contributed by atoms with van der Waals surface area (Å²) in [5.74, 6) is 2.20. The Balaban J connectivity index is 1.45. The lowest BCUT2D eigenvalue weighted by Gasteiger charge is -2.11. The first kappa shape index (κ1) is 19.2. The van der Waals surface area contributed by atoms with Crippen molar-refractivity contribution in [3.8, 4) is 11.3 Å². The summed E-state index contributed by atoms with van der Waals surface area (Å²) >= 11 is 0. The molecular formula is C21H23N9O. The van der Waals surface area contributed by atoms with Gasteiger partial charge in [-0.2, -0.15) is 10.2 Å². The highest BCUT2D eigenvalue weighted by atomic mass is 16.2. The maximum atomic E-state index is 12.2. The smallest absolute Gasteiger partial charge is 0.228 e. The number of hydrogen-bond donors (Lipinski definition) is 2. The normalized spacial score (nSPS) is 13.5. The number of anilines is 2. The predicted molar refractivity (Wildman–Crippen MR) is 116 cm³/mol. The van der Waals surface area contributed by atoms with E-state index < -0.39 is 0 Å². The van der Waals surface area contributed by atoms with E-state index in [9.17, 15) is 4.79 Å². The zero-order chi connectivity index (χ0) is 21.4. The number of hydrogen-bond acceptors (Lipinski definition) is 7. The molecule has 158 valence electrons. The van der Waals surface area contributed by atoms with Crippen LogP contribution >= 0.6 is 0 Å². The molecule has 0 aromatic carbocycles. The van der Waals surface area contributed by atoms with Gasteiger partial charge in [0.05, 0.1) is 5.69 Å². The quantitative estimate of drug-likeness (QED) is 0.474. The molecule has 0 bridgehead atoms. The Hall–Kier alpha value is -3.82. The van der Waals surface area contributed by atoms with Gasteiger partial charge in [-0.3, -0.25) is 14.2 Å². The zero-order valence-corrected chi connectivity index (χ0v) is 17.4. The van der Waals surface area contributed by atoms with Crippen molar-refractivity contribution < 1.29 is 4.79 Å². The minimum atomic E-state index is 0.0312. The van der Waals surface area contributed by atoms with Crippen molar-refractivity contribution >= 4 is 28.3 Å². The number of aryl methyl sites for hydroxylation is 3. The summed E-state index contributed by atoms with van der Waals surface area (Å²) in [5.41, 5.74) is 1.69. The Bertz CT molecular complexity index is 1250. The number of carbonyl (C=O) groups excluding carboxylic acids is 1. The number of carbonyl (C=O) groups is 1. The van der Waals surface area contributed by atoms with E-state index in [-0.39, 0.29) is 11.8 Å². The molecule has 1 saturated carbocycles. The van der Waals surface area contributed by atoms with Crippen LogP contribution in [0.3, 0.4) is 0 Å². The largest absolute Gasteiger partial charge is 0.373 e. The van der Waals surface area contributed by atoms with Crippen LogP contribution in [0.25, 0.3) is 22.0 Å². The van der Waals surface area contributed by atoms with E-state index in [4.69, 9.17) is 5.10 Å². The SMILES string of the molecule is CNc1ncc(-c2ccn(CCc3ncn(C)n3)n2)c2cc(NC(=O)C3CC3)ncc12. The van der Waals surface area contributed by atoms with Crippen molar-refractivity contribution in [2.75, 3.05) is 17.7 Å². The van der Waals surface area contributed by atoms with Crippen molar-refractivity contribution in [3.05, 3.63) is 42.9 Å². The molecule has 0 spiro atoms. The fourth-order valence-corrected chi connectivity index (χ4v) is 3.52. The maximum Gasteiger partial charge on any atom is 0.228 e. The molecule has 0 unspecified atom stereocenters. The molecule has 31 heavy (non-hydrogen) atoms. The van der Waals surface area contributed by atoms with E-state index >= 15 is 0 Å². The van der Waals surface area contributed by atoms with Crippen molar-refractivity contribution in [1.82, 2.24) is 34.5 Å². The molecule has 4 aromatic heterocycles. The van der Waals surface area contributed by atoms with Gasteiger partial charge < -0.3 is 10.6 Å². The van der Waals surface area contributed by atoms with E-state index in [1.807, 2.05) is 37.1 Å². The van der Waals surface area contributed by atoms with Crippen molar-refractivity contribution in [2.24, 2.45) is 13.0 Å². The van der Waals surface area contributed by atoms with Crippen molar-refractivity contribution in [1.29, 1.82) is 0 Å². The molecular weight excluding hydrogens is 394 g/mol. The molecule has 0 atom stereocenters. The lowest BCUT2D eigenvalue weighted by Crippen LogP contribution is -2.14. The molecule has 0 aliphatic heterocycles. The molecule has 1 aliphatic carbocycles. The molecule has 1 fully saturated rings. The van der Waals surface area contributed by atoms with E-state index in [0.717, 1.165) is 46.5 Å². The Kier molecular flexibility index (Phi) is 4.81. The minimum Gasteiger partial charge on any atom is -0.373 e. The van der Waals surface area contributed by atoms with E-state index in [2.05, 4.69) is 30.7 Å². The number of aromatic nitrogens is 7. The van der Waals surface area contributed by atoms with Crippen LogP contribution < -0.4 is 10.6 Å². The number of pyridine rings is 2. The Morgan fingerprint density at radius 3 is 2.77 bits per heavy atom. The van der Waals surface area contributed by atoms with E-state index in [1.165, 1.54) is 0 Å². The second-order valence-electron chi connectivity index (χ2n) is 7.70. The number of nitrogens with one attached hydrogen (secondary N) is 2. The molecule has 0 saturated heterocycles. The molecule has 4 aromatic rings. The molecule has 2 N–H and O–H groups in total. The highest BCUT2D eigenvalue weighted by molar-refractivity contribution is 6.03. The number of fused-ring (bicyclic) bond motifs is 1. The third-order valence-electron chi connectivity index (χ3n) is 5.34. The summed E-state index contributed by atoms with van der Waals surface area (Å²) < 4.78 is 3.57. The third kappa shape index (κ3) is 3.96. The maximum absolute atomic E-state index is 12.2. The van der Waals surface area contributed by atoms with Gasteiger partial charge in [0.15, 0.2) is 5.82 Å². The van der Waals surface area contributed by atoms with Crippen LogP contribution in [-0.2, 0) is 24.8 Å². The zero-order valence-electron chi connectivity index (χ0n) is 17.4. The Morgan fingerprint density at radius 1 is 1.16 bits per heavy atom. The summed E-state index contributed by atoms with van der Waals surface area (Å²) in [5, 5.41) is 16.9. The minimum absolute atomic E-state index is 0.0312. The van der Waals surface area contributed by atoms with Crippen LogP contribution in [0.1, 0.15) is 18.7 Å². The summed E-state index contributed by atoms with van der Waals surface area (Å²) in [6, 6.07) is 3.86. The summed E-state index contributed by atoms with van der Waals surface area (Å²) in [6.07, 6.45) is 9.76. The molecule has 5 rings (SSSR count). The lowest BCUT2D eigenvalue weighted by molar-refractivity contribution is -0.117. The molecule has 10 nitrogen and oxygen atoms in total. The van der Waals surface area contributed by atoms with Gasteiger partial charge in [-0.25, -0.2) is 15.0 Å². The standard InChI is InChI=1S/C21H23N9O/c1-22-20-16-11-23-19(26-21(31)13-3-4-13)9-14(16)15(10-24-20)17-5-7-30(27-17)8-6-18-25-12-29(2)28-18/h5,7,9-13H,3-4,6,8H2,1-2H3,(H,22,24)(H,23,26,31). The van der Waals surface area contributed by atoms with Gasteiger partial charge in [-0.1, -0.05) is 0 Å². The predicted octanol–water partition coefficient (Wildman–Crippen LogP) is 2.25. The van der Waals surface area contributed by atoms with Crippen LogP contribution in [0.15, 0.2) is 37.1 Å². The highest BCUT2D eigenvalue weighted by Crippen LogP contribution is 2.33. The average Bonchev–Trinajstić information content (AvgIpc) is 3.39. The van der Waals surface area contributed by atoms with Gasteiger partial charge in [0.25, 0.3) is 0 Å². The Morgan fingerprint density at radius 2 is 2.03 bits per heavy atom. The fraction of sp³-hybridized carbons (Fsp3) is 0.333. The van der Waals surface area contributed by atoms with Crippen molar-refractivity contribution in [3.63, 3.8) is 0 Å². The van der Waals surface area contributed by atoms with Crippen LogP contribution in [0.5, 0.6) is 0 Å². The topological polar surface area (TPSA) is 115 Å². The summed E-state index contributed by atoms with van der Waals surface area (Å²) in [7, 11) is 3.68. The van der Waals surface area contributed by atoms with Crippen LogP contribution in [0.4, 0.5) is 11.6 Å². The molecule has 4 heterocycles. The second-order valence-corrected chi connectivity index (χ2v) is 7.70. The fourth-order valence-electron chi connectivity index (χ4n) is 3.52. The molecule has 1 aliphatic rings. The number of amides is 1. The first-order valence-corrected chi connectivity index (χ1v) is 10.3. The first-order valence-electron chi connectivity index (χ1n) is 10.3. The van der Waals surface area contributed by atoms with E-state index in [1.54, 1.807) is 23.4 Å². The summed E-state index contributed by atoms with van der Waals surface area (Å²) in [6.45, 7) is 0.675. The van der Waals surface area contributed by atoms with Gasteiger partial charge >= 0.3 is 0 Å². The average molecular weight is 417 g/mol. The number of nitrogens with zero attached hydrogens (tertiary/aromatic N) is 7. The molecule has 0 radical (unpaired) electrons. The van der Waals surface area contributed by atoms with Gasteiger partial charge in [-0.05, 0) is 25.0 Å². The van der Waals surface area contributed by atoms with Gasteiger partial charge in [0.1, 0.15) is 18.0 Å². The third-order valence-corrected chi connectivity index (χ3v) is 5.34. The Labute approximate surface area is 178 Å². The lowest BCUT2D eigenvalue weighted by atomic mass is 10.1. The second kappa shape index (κ2) is 7.78. The summed E-state index contributed by atoms with van der Waals surface area (Å²) in [4.78, 5) is 25.4. The van der Waals surface area contributed by atoms with Crippen LogP contribution in [0, 0.1) is 5.92 Å². The molecule has 10 heteroatoms.